The standard InChI is InChI=1S/C9H17NO2/c1-3-5-6-7-10-8(4-2)9(11)12/h5-6,8,10H,3-4,7H2,1-2H3,(H,11,12)/b6-5+. The van der Waals surface area contributed by atoms with Crippen LogP contribution in [0.5, 0.6) is 0 Å². The summed E-state index contributed by atoms with van der Waals surface area (Å²) in [5.41, 5.74) is 0. The molecule has 0 aromatic carbocycles. The Morgan fingerprint density at radius 2 is 2.17 bits per heavy atom. The molecule has 0 saturated heterocycles. The molecule has 0 aromatic heterocycles. The van der Waals surface area contributed by atoms with Crippen molar-refractivity contribution in [2.75, 3.05) is 6.54 Å². The number of nitrogens with one attached hydrogen (secondary N) is 1. The summed E-state index contributed by atoms with van der Waals surface area (Å²) in [6.45, 7) is 4.54. The minimum atomic E-state index is -0.776. The van der Waals surface area contributed by atoms with Gasteiger partial charge in [-0.1, -0.05) is 26.0 Å². The van der Waals surface area contributed by atoms with Crippen LogP contribution in [-0.4, -0.2) is 23.7 Å². The Balaban J connectivity index is 3.58. The van der Waals surface area contributed by atoms with Gasteiger partial charge in [0.1, 0.15) is 6.04 Å². The molecule has 0 heterocycles. The summed E-state index contributed by atoms with van der Waals surface area (Å²) in [6.07, 6.45) is 5.58. The van der Waals surface area contributed by atoms with E-state index < -0.39 is 12.0 Å². The van der Waals surface area contributed by atoms with Crippen molar-refractivity contribution in [3.8, 4) is 0 Å². The molecular weight excluding hydrogens is 154 g/mol. The number of carboxylic acids is 1. The molecule has 0 fully saturated rings. The van der Waals surface area contributed by atoms with E-state index in [9.17, 15) is 4.79 Å². The van der Waals surface area contributed by atoms with Gasteiger partial charge in [-0.25, -0.2) is 0 Å². The molecule has 12 heavy (non-hydrogen) atoms. The normalized spacial score (nSPS) is 13.5. The summed E-state index contributed by atoms with van der Waals surface area (Å²) in [7, 11) is 0. The Labute approximate surface area is 73.5 Å². The fraction of sp³-hybridized carbons (Fsp3) is 0.667. The fourth-order valence-electron chi connectivity index (χ4n) is 0.867. The van der Waals surface area contributed by atoms with E-state index in [-0.39, 0.29) is 0 Å². The lowest BCUT2D eigenvalue weighted by atomic mass is 10.2. The van der Waals surface area contributed by atoms with Crippen molar-refractivity contribution >= 4 is 5.97 Å². The molecule has 0 amide bonds. The third kappa shape index (κ3) is 4.91. The monoisotopic (exact) mass is 171 g/mol. The van der Waals surface area contributed by atoms with E-state index in [1.54, 1.807) is 0 Å². The molecule has 70 valence electrons. The number of carboxylic acid groups (broad SMARTS) is 1. The molecule has 1 atom stereocenters. The number of rotatable bonds is 6. The van der Waals surface area contributed by atoms with Crippen molar-refractivity contribution < 1.29 is 9.90 Å². The van der Waals surface area contributed by atoms with Crippen LogP contribution in [0.2, 0.25) is 0 Å². The Morgan fingerprint density at radius 1 is 1.50 bits per heavy atom. The van der Waals surface area contributed by atoms with E-state index in [0.29, 0.717) is 13.0 Å². The van der Waals surface area contributed by atoms with Gasteiger partial charge < -0.3 is 10.4 Å². The number of carbonyl (C=O) groups is 1. The number of hydrogen-bond acceptors (Lipinski definition) is 2. The first-order valence-electron chi connectivity index (χ1n) is 4.33. The summed E-state index contributed by atoms with van der Waals surface area (Å²) in [5.74, 6) is -0.776. The minimum Gasteiger partial charge on any atom is -0.480 e. The van der Waals surface area contributed by atoms with Gasteiger partial charge in [-0.15, -0.1) is 0 Å². The molecule has 0 saturated carbocycles. The van der Waals surface area contributed by atoms with E-state index in [2.05, 4.69) is 5.32 Å². The van der Waals surface area contributed by atoms with E-state index >= 15 is 0 Å². The van der Waals surface area contributed by atoms with Crippen LogP contribution in [-0.2, 0) is 4.79 Å². The second-order valence-corrected chi connectivity index (χ2v) is 2.59. The van der Waals surface area contributed by atoms with Crippen LogP contribution in [0, 0.1) is 0 Å². The van der Waals surface area contributed by atoms with Gasteiger partial charge in [0.2, 0.25) is 0 Å². The average Bonchev–Trinajstić information content (AvgIpc) is 2.04. The van der Waals surface area contributed by atoms with Crippen molar-refractivity contribution in [3.63, 3.8) is 0 Å². The van der Waals surface area contributed by atoms with Crippen LogP contribution in [0.1, 0.15) is 26.7 Å². The van der Waals surface area contributed by atoms with Gasteiger partial charge in [-0.3, -0.25) is 4.79 Å². The highest BCUT2D eigenvalue weighted by Gasteiger charge is 2.11. The van der Waals surface area contributed by atoms with Gasteiger partial charge >= 0.3 is 5.97 Å². The summed E-state index contributed by atoms with van der Waals surface area (Å²) in [4.78, 5) is 10.5. The largest absolute Gasteiger partial charge is 0.480 e. The predicted molar refractivity (Wildman–Crippen MR) is 49.1 cm³/mol. The average molecular weight is 171 g/mol. The first-order valence-corrected chi connectivity index (χ1v) is 4.33. The quantitative estimate of drug-likeness (QED) is 0.594. The van der Waals surface area contributed by atoms with Crippen LogP contribution < -0.4 is 5.32 Å². The lowest BCUT2D eigenvalue weighted by molar-refractivity contribution is -0.139. The van der Waals surface area contributed by atoms with Crippen molar-refractivity contribution in [1.82, 2.24) is 5.32 Å². The summed E-state index contributed by atoms with van der Waals surface area (Å²) in [5, 5.41) is 11.6. The molecular formula is C9H17NO2. The molecule has 0 radical (unpaired) electrons. The molecule has 0 bridgehead atoms. The fourth-order valence-corrected chi connectivity index (χ4v) is 0.867. The van der Waals surface area contributed by atoms with Crippen molar-refractivity contribution in [2.45, 2.75) is 32.7 Å². The van der Waals surface area contributed by atoms with E-state index in [0.717, 1.165) is 6.42 Å². The Hall–Kier alpha value is -0.830. The summed E-state index contributed by atoms with van der Waals surface area (Å²) in [6, 6.07) is -0.411. The van der Waals surface area contributed by atoms with Crippen LogP contribution in [0.15, 0.2) is 12.2 Å². The zero-order chi connectivity index (χ0) is 9.40. The summed E-state index contributed by atoms with van der Waals surface area (Å²) >= 11 is 0. The smallest absolute Gasteiger partial charge is 0.320 e. The van der Waals surface area contributed by atoms with Crippen LogP contribution in [0.4, 0.5) is 0 Å². The molecule has 0 aliphatic carbocycles. The van der Waals surface area contributed by atoms with Crippen LogP contribution in [0.25, 0.3) is 0 Å². The third-order valence-corrected chi connectivity index (χ3v) is 1.59. The molecule has 1 unspecified atom stereocenters. The maximum atomic E-state index is 10.5. The van der Waals surface area contributed by atoms with Crippen molar-refractivity contribution in [2.24, 2.45) is 0 Å². The Morgan fingerprint density at radius 3 is 2.58 bits per heavy atom. The highest BCUT2D eigenvalue weighted by molar-refractivity contribution is 5.73. The van der Waals surface area contributed by atoms with E-state index in [1.165, 1.54) is 0 Å². The minimum absolute atomic E-state index is 0.411. The Kier molecular flexibility index (Phi) is 6.38. The van der Waals surface area contributed by atoms with Crippen molar-refractivity contribution in [1.29, 1.82) is 0 Å². The summed E-state index contributed by atoms with van der Waals surface area (Å²) < 4.78 is 0. The maximum Gasteiger partial charge on any atom is 0.320 e. The Bertz CT molecular complexity index is 155. The first-order chi connectivity index (χ1) is 5.72. The zero-order valence-electron chi connectivity index (χ0n) is 7.71. The molecule has 3 heteroatoms. The number of allylic oxidation sites excluding steroid dienone is 1. The molecule has 0 aliphatic rings. The van der Waals surface area contributed by atoms with Gasteiger partial charge in [-0.2, -0.15) is 0 Å². The predicted octanol–water partition coefficient (Wildman–Crippen LogP) is 1.41. The SMILES string of the molecule is CC/C=C/CNC(CC)C(=O)O. The van der Waals surface area contributed by atoms with Gasteiger partial charge in [0.15, 0.2) is 0 Å². The van der Waals surface area contributed by atoms with Crippen molar-refractivity contribution in [3.05, 3.63) is 12.2 Å². The number of aliphatic carboxylic acids is 1. The molecule has 0 aromatic rings. The molecule has 0 rings (SSSR count). The zero-order valence-corrected chi connectivity index (χ0v) is 7.71. The molecule has 0 aliphatic heterocycles. The number of hydrogen-bond donors (Lipinski definition) is 2. The maximum absolute atomic E-state index is 10.5. The van der Waals surface area contributed by atoms with Gasteiger partial charge in [0.05, 0.1) is 0 Å². The highest BCUT2D eigenvalue weighted by Crippen LogP contribution is 1.90. The molecule has 3 nitrogen and oxygen atoms in total. The van der Waals surface area contributed by atoms with Gasteiger partial charge in [0, 0.05) is 6.54 Å². The second kappa shape index (κ2) is 6.85. The van der Waals surface area contributed by atoms with Gasteiger partial charge in [-0.05, 0) is 12.8 Å². The molecule has 2 N–H and O–H groups in total. The lowest BCUT2D eigenvalue weighted by Gasteiger charge is -2.09. The second-order valence-electron chi connectivity index (χ2n) is 2.59. The topological polar surface area (TPSA) is 49.3 Å². The first kappa shape index (κ1) is 11.2. The van der Waals surface area contributed by atoms with E-state index in [4.69, 9.17) is 5.11 Å². The van der Waals surface area contributed by atoms with Crippen LogP contribution in [0.3, 0.4) is 0 Å². The highest BCUT2D eigenvalue weighted by atomic mass is 16.4. The lowest BCUT2D eigenvalue weighted by Crippen LogP contribution is -2.35. The van der Waals surface area contributed by atoms with E-state index in [1.807, 2.05) is 26.0 Å². The molecule has 0 spiro atoms. The van der Waals surface area contributed by atoms with Crippen LogP contribution >= 0.6 is 0 Å². The third-order valence-electron chi connectivity index (χ3n) is 1.59. The van der Waals surface area contributed by atoms with Gasteiger partial charge in [0.25, 0.3) is 0 Å².